The van der Waals surface area contributed by atoms with Crippen LogP contribution in [0.3, 0.4) is 0 Å². The van der Waals surface area contributed by atoms with Crippen LogP contribution >= 0.6 is 0 Å². The molecule has 32 heavy (non-hydrogen) atoms. The molecule has 4 rings (SSSR count). The van der Waals surface area contributed by atoms with E-state index in [-0.39, 0.29) is 5.91 Å². The third kappa shape index (κ3) is 5.21. The molecule has 2 aromatic rings. The van der Waals surface area contributed by atoms with Gasteiger partial charge in [-0.1, -0.05) is 18.2 Å². The standard InChI is InChI=1S/C25H31F2N3O2/c1-2-32-24-6-4-3-5-23(24)29-15-13-28(14-16-29)20-8-10-25(31)30(12-11-20)18-19-7-9-21(26)22(27)17-19/h3-7,9,17,20H,2,8,10-16,18H2,1H3. The zero-order chi connectivity index (χ0) is 22.5. The van der Waals surface area contributed by atoms with Gasteiger partial charge in [-0.25, -0.2) is 8.78 Å². The van der Waals surface area contributed by atoms with Gasteiger partial charge in [-0.05, 0) is 49.6 Å². The van der Waals surface area contributed by atoms with E-state index >= 15 is 0 Å². The van der Waals surface area contributed by atoms with E-state index in [1.165, 1.54) is 6.07 Å². The SMILES string of the molecule is CCOc1ccccc1N1CCN(C2CCC(=O)N(Cc3ccc(F)c(F)c3)CC2)CC1. The Morgan fingerprint density at radius 3 is 2.50 bits per heavy atom. The number of carbonyl (C=O) groups is 1. The van der Waals surface area contributed by atoms with Crippen molar-refractivity contribution in [1.82, 2.24) is 9.80 Å². The molecule has 1 amide bonds. The highest BCUT2D eigenvalue weighted by Gasteiger charge is 2.29. The zero-order valence-corrected chi connectivity index (χ0v) is 18.6. The molecular formula is C25H31F2N3O2. The molecule has 172 valence electrons. The van der Waals surface area contributed by atoms with Crippen molar-refractivity contribution in [2.24, 2.45) is 0 Å². The van der Waals surface area contributed by atoms with E-state index in [4.69, 9.17) is 4.74 Å². The first-order chi connectivity index (χ1) is 15.5. The Morgan fingerprint density at radius 1 is 0.969 bits per heavy atom. The molecule has 1 atom stereocenters. The number of carbonyl (C=O) groups excluding carboxylic acids is 1. The van der Waals surface area contributed by atoms with Crippen LogP contribution in [0.2, 0.25) is 0 Å². The van der Waals surface area contributed by atoms with Crippen LogP contribution in [-0.2, 0) is 11.3 Å². The number of ether oxygens (including phenoxy) is 1. The van der Waals surface area contributed by atoms with E-state index in [2.05, 4.69) is 15.9 Å². The maximum atomic E-state index is 13.5. The van der Waals surface area contributed by atoms with E-state index in [0.717, 1.165) is 56.5 Å². The summed E-state index contributed by atoms with van der Waals surface area (Å²) in [6, 6.07) is 12.4. The molecule has 0 aromatic heterocycles. The van der Waals surface area contributed by atoms with Crippen molar-refractivity contribution in [3.63, 3.8) is 0 Å². The summed E-state index contributed by atoms with van der Waals surface area (Å²) in [5.41, 5.74) is 1.76. The van der Waals surface area contributed by atoms with Gasteiger partial charge in [-0.3, -0.25) is 9.69 Å². The van der Waals surface area contributed by atoms with Crippen molar-refractivity contribution in [2.45, 2.75) is 38.8 Å². The van der Waals surface area contributed by atoms with Crippen molar-refractivity contribution in [2.75, 3.05) is 44.2 Å². The van der Waals surface area contributed by atoms with Gasteiger partial charge in [0.15, 0.2) is 11.6 Å². The van der Waals surface area contributed by atoms with Crippen molar-refractivity contribution < 1.29 is 18.3 Å². The maximum absolute atomic E-state index is 13.5. The molecule has 2 aliphatic rings. The molecule has 0 spiro atoms. The van der Waals surface area contributed by atoms with E-state index in [0.29, 0.717) is 37.7 Å². The number of para-hydroxylation sites is 2. The average molecular weight is 444 g/mol. The van der Waals surface area contributed by atoms with Gasteiger partial charge in [0.2, 0.25) is 5.91 Å². The van der Waals surface area contributed by atoms with Crippen LogP contribution in [0, 0.1) is 11.6 Å². The highest BCUT2D eigenvalue weighted by atomic mass is 19.2. The minimum atomic E-state index is -0.869. The van der Waals surface area contributed by atoms with E-state index in [1.807, 2.05) is 25.1 Å². The average Bonchev–Trinajstić information content (AvgIpc) is 2.99. The lowest BCUT2D eigenvalue weighted by Crippen LogP contribution is -2.50. The van der Waals surface area contributed by atoms with Gasteiger partial charge in [0.25, 0.3) is 0 Å². The van der Waals surface area contributed by atoms with Gasteiger partial charge in [0.1, 0.15) is 5.75 Å². The summed E-state index contributed by atoms with van der Waals surface area (Å²) in [5, 5.41) is 0. The van der Waals surface area contributed by atoms with Crippen LogP contribution in [-0.4, -0.2) is 61.1 Å². The van der Waals surface area contributed by atoms with E-state index in [1.54, 1.807) is 11.0 Å². The lowest BCUT2D eigenvalue weighted by atomic mass is 10.1. The summed E-state index contributed by atoms with van der Waals surface area (Å²) >= 11 is 0. The molecule has 0 aliphatic carbocycles. The summed E-state index contributed by atoms with van der Waals surface area (Å²) < 4.78 is 32.5. The van der Waals surface area contributed by atoms with Crippen LogP contribution in [0.4, 0.5) is 14.5 Å². The molecule has 2 heterocycles. The Bertz CT molecular complexity index is 931. The van der Waals surface area contributed by atoms with Crippen LogP contribution in [0.15, 0.2) is 42.5 Å². The Morgan fingerprint density at radius 2 is 1.75 bits per heavy atom. The smallest absolute Gasteiger partial charge is 0.222 e. The fourth-order valence-corrected chi connectivity index (χ4v) is 4.74. The zero-order valence-electron chi connectivity index (χ0n) is 18.6. The summed E-state index contributed by atoms with van der Waals surface area (Å²) in [6.45, 7) is 7.35. The minimum absolute atomic E-state index is 0.0847. The number of hydrogen-bond donors (Lipinski definition) is 0. The summed E-state index contributed by atoms with van der Waals surface area (Å²) in [6.07, 6.45) is 2.22. The first-order valence-electron chi connectivity index (χ1n) is 11.5. The molecular weight excluding hydrogens is 412 g/mol. The number of likely N-dealkylation sites (tertiary alicyclic amines) is 1. The van der Waals surface area contributed by atoms with Gasteiger partial charge in [-0.15, -0.1) is 0 Å². The molecule has 2 aliphatic heterocycles. The topological polar surface area (TPSA) is 36.0 Å². The summed E-state index contributed by atoms with van der Waals surface area (Å²) in [7, 11) is 0. The second kappa shape index (κ2) is 10.3. The van der Waals surface area contributed by atoms with Gasteiger partial charge < -0.3 is 14.5 Å². The fraction of sp³-hybridized carbons (Fsp3) is 0.480. The van der Waals surface area contributed by atoms with Gasteiger partial charge in [0, 0.05) is 51.7 Å². The molecule has 2 saturated heterocycles. The molecule has 2 fully saturated rings. The van der Waals surface area contributed by atoms with Crippen LogP contribution in [0.25, 0.3) is 0 Å². The van der Waals surface area contributed by atoms with Gasteiger partial charge >= 0.3 is 0 Å². The number of benzene rings is 2. The predicted molar refractivity (Wildman–Crippen MR) is 121 cm³/mol. The molecule has 0 bridgehead atoms. The third-order valence-corrected chi connectivity index (χ3v) is 6.47. The van der Waals surface area contributed by atoms with E-state index in [9.17, 15) is 13.6 Å². The Hall–Kier alpha value is -2.67. The minimum Gasteiger partial charge on any atom is -0.492 e. The molecule has 1 unspecified atom stereocenters. The molecule has 7 heteroatoms. The number of anilines is 1. The third-order valence-electron chi connectivity index (χ3n) is 6.47. The molecule has 5 nitrogen and oxygen atoms in total. The highest BCUT2D eigenvalue weighted by Crippen LogP contribution is 2.30. The number of amides is 1. The second-order valence-corrected chi connectivity index (χ2v) is 8.47. The summed E-state index contributed by atoms with van der Waals surface area (Å²) in [5.74, 6) is -0.719. The Balaban J connectivity index is 1.33. The Labute approximate surface area is 188 Å². The largest absolute Gasteiger partial charge is 0.492 e. The van der Waals surface area contributed by atoms with Crippen molar-refractivity contribution in [1.29, 1.82) is 0 Å². The van der Waals surface area contributed by atoms with Crippen molar-refractivity contribution >= 4 is 11.6 Å². The number of piperazine rings is 1. The summed E-state index contributed by atoms with van der Waals surface area (Å²) in [4.78, 5) is 19.3. The number of rotatable bonds is 6. The lowest BCUT2D eigenvalue weighted by molar-refractivity contribution is -0.131. The van der Waals surface area contributed by atoms with Gasteiger partial charge in [-0.2, -0.15) is 0 Å². The van der Waals surface area contributed by atoms with Gasteiger partial charge in [0.05, 0.1) is 12.3 Å². The predicted octanol–water partition coefficient (Wildman–Crippen LogP) is 4.07. The van der Waals surface area contributed by atoms with Crippen LogP contribution in [0.1, 0.15) is 31.7 Å². The Kier molecular flexibility index (Phi) is 7.25. The first-order valence-corrected chi connectivity index (χ1v) is 11.5. The van der Waals surface area contributed by atoms with Crippen LogP contribution in [0.5, 0.6) is 5.75 Å². The number of nitrogens with zero attached hydrogens (tertiary/aromatic N) is 3. The molecule has 2 aromatic carbocycles. The first kappa shape index (κ1) is 22.5. The molecule has 0 N–H and O–H groups in total. The normalized spacial score (nSPS) is 20.3. The highest BCUT2D eigenvalue weighted by molar-refractivity contribution is 5.76. The second-order valence-electron chi connectivity index (χ2n) is 8.47. The molecule has 0 saturated carbocycles. The monoisotopic (exact) mass is 443 g/mol. The quantitative estimate of drug-likeness (QED) is 0.675. The van der Waals surface area contributed by atoms with E-state index < -0.39 is 11.6 Å². The number of halogens is 2. The fourth-order valence-electron chi connectivity index (χ4n) is 4.74. The maximum Gasteiger partial charge on any atom is 0.222 e. The van der Waals surface area contributed by atoms with Crippen molar-refractivity contribution in [3.05, 3.63) is 59.7 Å². The lowest BCUT2D eigenvalue weighted by Gasteiger charge is -2.40. The molecule has 0 radical (unpaired) electrons. The van der Waals surface area contributed by atoms with Crippen molar-refractivity contribution in [3.8, 4) is 5.75 Å². The number of hydrogen-bond acceptors (Lipinski definition) is 4. The van der Waals surface area contributed by atoms with Crippen LogP contribution < -0.4 is 9.64 Å².